The van der Waals surface area contributed by atoms with Crippen molar-refractivity contribution in [1.29, 1.82) is 0 Å². The number of hydrogen-bond donors (Lipinski definition) is 2. The Balaban J connectivity index is 3.05. The first-order valence-corrected chi connectivity index (χ1v) is 7.42. The maximum atomic E-state index is 12.8. The highest BCUT2D eigenvalue weighted by molar-refractivity contribution is 8.00. The summed E-state index contributed by atoms with van der Waals surface area (Å²) in [6, 6.07) is 2.37. The van der Waals surface area contributed by atoms with Crippen LogP contribution in [-0.2, 0) is 11.0 Å². The van der Waals surface area contributed by atoms with Crippen LogP contribution in [0.5, 0.6) is 0 Å². The molecule has 0 aliphatic heterocycles. The Morgan fingerprint density at radius 2 is 1.91 bits per heavy atom. The average molecular weight is 355 g/mol. The van der Waals surface area contributed by atoms with Gasteiger partial charge in [-0.15, -0.1) is 11.8 Å². The molecule has 22 heavy (non-hydrogen) atoms. The van der Waals surface area contributed by atoms with E-state index in [0.717, 1.165) is 23.9 Å². The van der Waals surface area contributed by atoms with Gasteiger partial charge in [-0.25, -0.2) is 4.79 Å². The van der Waals surface area contributed by atoms with Crippen molar-refractivity contribution < 1.29 is 22.8 Å². The number of primary amides is 1. The fraction of sp³-hybridized carbons (Fsp3) is 0.385. The van der Waals surface area contributed by atoms with Gasteiger partial charge in [-0.1, -0.05) is 25.4 Å². The minimum absolute atomic E-state index is 0.218. The fourth-order valence-electron chi connectivity index (χ4n) is 1.63. The van der Waals surface area contributed by atoms with Gasteiger partial charge in [0.25, 0.3) is 0 Å². The third kappa shape index (κ3) is 5.10. The summed E-state index contributed by atoms with van der Waals surface area (Å²) < 4.78 is 38.5. The molecule has 1 aromatic carbocycles. The second-order valence-electron chi connectivity index (χ2n) is 4.78. The Labute approximate surface area is 134 Å². The summed E-state index contributed by atoms with van der Waals surface area (Å²) >= 11 is 6.45. The van der Waals surface area contributed by atoms with Crippen molar-refractivity contribution in [2.75, 3.05) is 0 Å². The van der Waals surface area contributed by atoms with Gasteiger partial charge in [0.05, 0.1) is 15.8 Å². The lowest BCUT2D eigenvalue weighted by Gasteiger charge is -2.19. The van der Waals surface area contributed by atoms with E-state index in [4.69, 9.17) is 17.3 Å². The molecule has 1 aromatic rings. The quantitative estimate of drug-likeness (QED) is 0.810. The third-order valence-electron chi connectivity index (χ3n) is 2.62. The molecule has 0 heterocycles. The molecular weight excluding hydrogens is 341 g/mol. The molecule has 1 atom stereocenters. The van der Waals surface area contributed by atoms with E-state index < -0.39 is 34.0 Å². The number of amides is 3. The van der Waals surface area contributed by atoms with Crippen LogP contribution in [0, 0.1) is 5.92 Å². The molecule has 3 N–H and O–H groups in total. The van der Waals surface area contributed by atoms with E-state index in [0.29, 0.717) is 0 Å². The molecular formula is C13H14ClF3N2O2S. The van der Waals surface area contributed by atoms with Gasteiger partial charge in [0, 0.05) is 4.90 Å². The number of imide groups is 1. The lowest BCUT2D eigenvalue weighted by atomic mass is 10.1. The Hall–Kier alpha value is -1.41. The molecule has 0 aromatic heterocycles. The molecule has 0 saturated heterocycles. The Morgan fingerprint density at radius 1 is 1.32 bits per heavy atom. The highest BCUT2D eigenvalue weighted by Gasteiger charge is 2.34. The van der Waals surface area contributed by atoms with Crippen LogP contribution in [0.1, 0.15) is 19.4 Å². The van der Waals surface area contributed by atoms with Crippen LogP contribution < -0.4 is 11.1 Å². The van der Waals surface area contributed by atoms with Crippen LogP contribution in [0.3, 0.4) is 0 Å². The van der Waals surface area contributed by atoms with Crippen LogP contribution in [0.15, 0.2) is 23.1 Å². The molecule has 0 spiro atoms. The summed E-state index contributed by atoms with van der Waals surface area (Å²) in [5.74, 6) is -0.884. The van der Waals surface area contributed by atoms with E-state index in [1.54, 1.807) is 13.8 Å². The molecule has 0 radical (unpaired) electrons. The predicted molar refractivity (Wildman–Crippen MR) is 78.7 cm³/mol. The van der Waals surface area contributed by atoms with Crippen LogP contribution in [0.4, 0.5) is 18.0 Å². The third-order valence-corrected chi connectivity index (χ3v) is 4.48. The number of rotatable bonds is 4. The second kappa shape index (κ2) is 7.23. The first-order chi connectivity index (χ1) is 10.0. The Bertz CT molecular complexity index is 579. The van der Waals surface area contributed by atoms with E-state index in [1.807, 2.05) is 5.32 Å². The molecule has 4 nitrogen and oxygen atoms in total. The van der Waals surface area contributed by atoms with Gasteiger partial charge in [-0.2, -0.15) is 13.2 Å². The predicted octanol–water partition coefficient (Wildman–Crippen LogP) is 3.67. The van der Waals surface area contributed by atoms with Crippen molar-refractivity contribution in [3.8, 4) is 0 Å². The number of nitrogens with one attached hydrogen (secondary N) is 1. The largest absolute Gasteiger partial charge is 0.417 e. The van der Waals surface area contributed by atoms with Crippen molar-refractivity contribution in [3.05, 3.63) is 28.8 Å². The molecule has 0 saturated carbocycles. The van der Waals surface area contributed by atoms with E-state index in [1.165, 1.54) is 6.07 Å². The lowest BCUT2D eigenvalue weighted by molar-refractivity contribution is -0.137. The zero-order chi connectivity index (χ0) is 17.1. The number of alkyl halides is 3. The van der Waals surface area contributed by atoms with Crippen LogP contribution >= 0.6 is 23.4 Å². The molecule has 0 aliphatic rings. The topological polar surface area (TPSA) is 72.2 Å². The van der Waals surface area contributed by atoms with Crippen LogP contribution in [0.25, 0.3) is 0 Å². The normalized spacial score (nSPS) is 13.0. The minimum Gasteiger partial charge on any atom is -0.351 e. The molecule has 1 rings (SSSR count). The van der Waals surface area contributed by atoms with E-state index in [2.05, 4.69) is 0 Å². The first kappa shape index (κ1) is 18.6. The number of urea groups is 1. The van der Waals surface area contributed by atoms with Crippen LogP contribution in [-0.4, -0.2) is 17.2 Å². The number of benzene rings is 1. The summed E-state index contributed by atoms with van der Waals surface area (Å²) in [5.41, 5.74) is 3.90. The molecule has 0 aliphatic carbocycles. The number of hydrogen-bond acceptors (Lipinski definition) is 3. The van der Waals surface area contributed by atoms with Gasteiger partial charge in [-0.3, -0.25) is 10.1 Å². The van der Waals surface area contributed by atoms with Gasteiger partial charge in [0.2, 0.25) is 5.91 Å². The zero-order valence-corrected chi connectivity index (χ0v) is 13.3. The van der Waals surface area contributed by atoms with Crippen molar-refractivity contribution >= 4 is 35.3 Å². The molecule has 9 heteroatoms. The van der Waals surface area contributed by atoms with Gasteiger partial charge in [0.15, 0.2) is 0 Å². The average Bonchev–Trinajstić information content (AvgIpc) is 2.34. The number of carbonyl (C=O) groups excluding carboxylic acids is 2. The number of nitrogens with two attached hydrogens (primary N) is 1. The number of thioether (sulfide) groups is 1. The minimum atomic E-state index is -4.59. The summed E-state index contributed by atoms with van der Waals surface area (Å²) in [4.78, 5) is 22.8. The number of halogens is 4. The highest BCUT2D eigenvalue weighted by atomic mass is 35.5. The standard InChI is InChI=1S/C13H14ClF3N2O2S/c1-6(2)10(11(20)19-12(18)21)22-7-3-4-9(14)8(5-7)13(15,16)17/h3-6,10H,1-2H3,(H3,18,19,20,21)/t10-/m1/s1. The van der Waals surface area contributed by atoms with Crippen LogP contribution in [0.2, 0.25) is 5.02 Å². The summed E-state index contributed by atoms with van der Waals surface area (Å²) in [5, 5.41) is 0.746. The zero-order valence-electron chi connectivity index (χ0n) is 11.7. The maximum Gasteiger partial charge on any atom is 0.417 e. The first-order valence-electron chi connectivity index (χ1n) is 6.16. The molecule has 0 unspecified atom stereocenters. The Morgan fingerprint density at radius 3 is 2.36 bits per heavy atom. The van der Waals surface area contributed by atoms with Crippen molar-refractivity contribution in [2.45, 2.75) is 30.2 Å². The molecule has 3 amide bonds. The molecule has 122 valence electrons. The smallest absolute Gasteiger partial charge is 0.351 e. The monoisotopic (exact) mass is 354 g/mol. The maximum absolute atomic E-state index is 12.8. The van der Waals surface area contributed by atoms with E-state index in [-0.39, 0.29) is 10.8 Å². The molecule has 0 bridgehead atoms. The van der Waals surface area contributed by atoms with Gasteiger partial charge >= 0.3 is 12.2 Å². The highest BCUT2D eigenvalue weighted by Crippen LogP contribution is 2.38. The lowest BCUT2D eigenvalue weighted by Crippen LogP contribution is -2.42. The fourth-order valence-corrected chi connectivity index (χ4v) is 2.91. The van der Waals surface area contributed by atoms with Crippen molar-refractivity contribution in [1.82, 2.24) is 5.32 Å². The summed E-state index contributed by atoms with van der Waals surface area (Å²) in [6.45, 7) is 3.41. The summed E-state index contributed by atoms with van der Waals surface area (Å²) in [7, 11) is 0. The van der Waals surface area contributed by atoms with E-state index in [9.17, 15) is 22.8 Å². The van der Waals surface area contributed by atoms with Crippen molar-refractivity contribution in [3.63, 3.8) is 0 Å². The number of carbonyl (C=O) groups is 2. The second-order valence-corrected chi connectivity index (χ2v) is 6.40. The van der Waals surface area contributed by atoms with E-state index >= 15 is 0 Å². The summed E-state index contributed by atoms with van der Waals surface area (Å²) in [6.07, 6.45) is -4.59. The SMILES string of the molecule is CC(C)[C@@H](Sc1ccc(Cl)c(C(F)(F)F)c1)C(=O)NC(N)=O. The Kier molecular flexibility index (Phi) is 6.13. The van der Waals surface area contributed by atoms with Crippen molar-refractivity contribution in [2.24, 2.45) is 11.7 Å². The van der Waals surface area contributed by atoms with Gasteiger partial charge in [-0.05, 0) is 24.1 Å². The molecule has 0 fully saturated rings. The van der Waals surface area contributed by atoms with Gasteiger partial charge < -0.3 is 5.73 Å². The van der Waals surface area contributed by atoms with Gasteiger partial charge in [0.1, 0.15) is 0 Å².